The van der Waals surface area contributed by atoms with Crippen LogP contribution in [0.2, 0.25) is 0 Å². The Balaban J connectivity index is 2.04. The minimum Gasteiger partial charge on any atom is -0.304 e. The van der Waals surface area contributed by atoms with Crippen molar-refractivity contribution in [2.45, 2.75) is 25.9 Å². The van der Waals surface area contributed by atoms with Gasteiger partial charge in [0.15, 0.2) is 0 Å². The summed E-state index contributed by atoms with van der Waals surface area (Å²) < 4.78 is 1.16. The summed E-state index contributed by atoms with van der Waals surface area (Å²) in [6.07, 6.45) is 1.06. The first-order valence-corrected chi connectivity index (χ1v) is 7.39. The molecule has 0 radical (unpaired) electrons. The third-order valence-electron chi connectivity index (χ3n) is 2.70. The first kappa shape index (κ1) is 12.7. The molecule has 0 unspecified atom stereocenters. The van der Waals surface area contributed by atoms with E-state index < -0.39 is 0 Å². The normalized spacial score (nSPS) is 12.6. The number of nitrogens with zero attached hydrogens (tertiary/aromatic N) is 1. The van der Waals surface area contributed by atoms with E-state index >= 15 is 0 Å². The number of aromatic nitrogens is 1. The molecule has 2 aromatic rings. The lowest BCUT2D eigenvalue weighted by molar-refractivity contribution is 0.513. The van der Waals surface area contributed by atoms with E-state index in [0.29, 0.717) is 6.04 Å². The monoisotopic (exact) mass is 310 g/mol. The number of benzene rings is 1. The molecular weight excluding hydrogens is 296 g/mol. The van der Waals surface area contributed by atoms with Crippen LogP contribution in [0, 0.1) is 0 Å². The van der Waals surface area contributed by atoms with Crippen molar-refractivity contribution in [2.75, 3.05) is 0 Å². The quantitative estimate of drug-likeness (QED) is 0.897. The van der Waals surface area contributed by atoms with Crippen LogP contribution in [0.15, 0.2) is 39.6 Å². The second-order valence-electron chi connectivity index (χ2n) is 3.84. The summed E-state index contributed by atoms with van der Waals surface area (Å²) in [5, 5.41) is 5.63. The van der Waals surface area contributed by atoms with Gasteiger partial charge in [-0.05, 0) is 18.1 Å². The molecule has 0 aliphatic carbocycles. The Hall–Kier alpha value is -0.710. The van der Waals surface area contributed by atoms with Gasteiger partial charge in [-0.2, -0.15) is 0 Å². The average molecular weight is 311 g/mol. The zero-order valence-electron chi connectivity index (χ0n) is 9.69. The Morgan fingerprint density at radius 1 is 1.41 bits per heavy atom. The van der Waals surface area contributed by atoms with Crippen LogP contribution in [0.1, 0.15) is 30.6 Å². The van der Waals surface area contributed by atoms with E-state index in [1.54, 1.807) is 11.3 Å². The van der Waals surface area contributed by atoms with Gasteiger partial charge in [0.05, 0.1) is 11.2 Å². The topological polar surface area (TPSA) is 24.9 Å². The maximum absolute atomic E-state index is 4.28. The smallest absolute Gasteiger partial charge is 0.0795 e. The first-order valence-electron chi connectivity index (χ1n) is 5.66. The fourth-order valence-electron chi connectivity index (χ4n) is 1.78. The molecule has 0 spiro atoms. The molecule has 0 amide bonds. The van der Waals surface area contributed by atoms with Gasteiger partial charge in [-0.25, -0.2) is 4.98 Å². The van der Waals surface area contributed by atoms with E-state index in [1.165, 1.54) is 5.56 Å². The molecule has 2 nitrogen and oxygen atoms in total. The SMILES string of the molecule is CC[C@H](NCc1cscn1)c1ccccc1Br. The van der Waals surface area contributed by atoms with Crippen molar-refractivity contribution < 1.29 is 0 Å². The van der Waals surface area contributed by atoms with Gasteiger partial charge >= 0.3 is 0 Å². The number of thiazole rings is 1. The maximum Gasteiger partial charge on any atom is 0.0795 e. The summed E-state index contributed by atoms with van der Waals surface area (Å²) in [6.45, 7) is 3.02. The van der Waals surface area contributed by atoms with Crippen LogP contribution in [-0.4, -0.2) is 4.98 Å². The molecule has 0 saturated carbocycles. The van der Waals surface area contributed by atoms with E-state index in [2.05, 4.69) is 56.7 Å². The molecule has 1 atom stereocenters. The first-order chi connectivity index (χ1) is 8.31. The fraction of sp³-hybridized carbons (Fsp3) is 0.308. The number of halogens is 1. The van der Waals surface area contributed by atoms with Crippen LogP contribution in [0.3, 0.4) is 0 Å². The van der Waals surface area contributed by atoms with Crippen molar-refractivity contribution in [2.24, 2.45) is 0 Å². The molecule has 0 bridgehead atoms. The summed E-state index contributed by atoms with van der Waals surface area (Å²) >= 11 is 5.24. The number of hydrogen-bond donors (Lipinski definition) is 1. The van der Waals surface area contributed by atoms with Crippen molar-refractivity contribution in [3.05, 3.63) is 50.9 Å². The highest BCUT2D eigenvalue weighted by Crippen LogP contribution is 2.25. The number of rotatable bonds is 5. The van der Waals surface area contributed by atoms with Gasteiger partial charge in [-0.15, -0.1) is 11.3 Å². The molecule has 1 aromatic carbocycles. The maximum atomic E-state index is 4.28. The summed E-state index contributed by atoms with van der Waals surface area (Å²) in [5.41, 5.74) is 4.29. The van der Waals surface area contributed by atoms with E-state index in [9.17, 15) is 0 Å². The van der Waals surface area contributed by atoms with Crippen molar-refractivity contribution in [1.82, 2.24) is 10.3 Å². The predicted molar refractivity (Wildman–Crippen MR) is 76.1 cm³/mol. The lowest BCUT2D eigenvalue weighted by Gasteiger charge is -2.18. The highest BCUT2D eigenvalue weighted by Gasteiger charge is 2.11. The van der Waals surface area contributed by atoms with Crippen LogP contribution in [0.25, 0.3) is 0 Å². The molecule has 1 heterocycles. The standard InChI is InChI=1S/C13H15BrN2S/c1-2-13(11-5-3-4-6-12(11)14)15-7-10-8-17-9-16-10/h3-6,8-9,13,15H,2,7H2,1H3/t13-/m0/s1. The van der Waals surface area contributed by atoms with E-state index in [0.717, 1.165) is 23.1 Å². The van der Waals surface area contributed by atoms with Gasteiger partial charge in [0.25, 0.3) is 0 Å². The van der Waals surface area contributed by atoms with Crippen LogP contribution in [0.5, 0.6) is 0 Å². The van der Waals surface area contributed by atoms with Gasteiger partial charge in [0.2, 0.25) is 0 Å². The lowest BCUT2D eigenvalue weighted by atomic mass is 10.0. The Morgan fingerprint density at radius 2 is 2.24 bits per heavy atom. The summed E-state index contributed by atoms with van der Waals surface area (Å²) in [6, 6.07) is 8.73. The minimum absolute atomic E-state index is 0.368. The van der Waals surface area contributed by atoms with Gasteiger partial charge < -0.3 is 5.32 Å². The van der Waals surface area contributed by atoms with Gasteiger partial charge in [0.1, 0.15) is 0 Å². The van der Waals surface area contributed by atoms with Crippen LogP contribution >= 0.6 is 27.3 Å². The van der Waals surface area contributed by atoms with Crippen LogP contribution < -0.4 is 5.32 Å². The van der Waals surface area contributed by atoms with Crippen molar-refractivity contribution in [3.63, 3.8) is 0 Å². The van der Waals surface area contributed by atoms with Crippen LogP contribution in [0.4, 0.5) is 0 Å². The Morgan fingerprint density at radius 3 is 2.88 bits per heavy atom. The van der Waals surface area contributed by atoms with Gasteiger partial charge in [0, 0.05) is 22.4 Å². The van der Waals surface area contributed by atoms with E-state index in [4.69, 9.17) is 0 Å². The molecule has 4 heteroatoms. The molecule has 0 fully saturated rings. The minimum atomic E-state index is 0.368. The number of hydrogen-bond acceptors (Lipinski definition) is 3. The lowest BCUT2D eigenvalue weighted by Crippen LogP contribution is -2.20. The Kier molecular flexibility index (Phi) is 4.71. The molecule has 2 rings (SSSR count). The second kappa shape index (κ2) is 6.28. The molecule has 1 aromatic heterocycles. The molecule has 0 aliphatic rings. The second-order valence-corrected chi connectivity index (χ2v) is 5.42. The Bertz CT molecular complexity index is 456. The third-order valence-corrected chi connectivity index (χ3v) is 4.06. The summed E-state index contributed by atoms with van der Waals surface area (Å²) in [7, 11) is 0. The van der Waals surface area contributed by atoms with Crippen LogP contribution in [-0.2, 0) is 6.54 Å². The summed E-state index contributed by atoms with van der Waals surface area (Å²) in [5.74, 6) is 0. The average Bonchev–Trinajstić information content (AvgIpc) is 2.85. The molecule has 90 valence electrons. The largest absolute Gasteiger partial charge is 0.304 e. The molecule has 0 aliphatic heterocycles. The third kappa shape index (κ3) is 3.37. The van der Waals surface area contributed by atoms with Crippen molar-refractivity contribution >= 4 is 27.3 Å². The predicted octanol–water partition coefficient (Wildman–Crippen LogP) is 4.15. The fourth-order valence-corrected chi connectivity index (χ4v) is 2.90. The summed E-state index contributed by atoms with van der Waals surface area (Å²) in [4.78, 5) is 4.28. The van der Waals surface area contributed by atoms with Gasteiger partial charge in [-0.3, -0.25) is 0 Å². The molecule has 0 saturated heterocycles. The Labute approximate surface area is 114 Å². The zero-order chi connectivity index (χ0) is 12.1. The molecule has 17 heavy (non-hydrogen) atoms. The highest BCUT2D eigenvalue weighted by molar-refractivity contribution is 9.10. The van der Waals surface area contributed by atoms with Gasteiger partial charge in [-0.1, -0.05) is 41.1 Å². The number of nitrogens with one attached hydrogen (secondary N) is 1. The molecule has 1 N–H and O–H groups in total. The highest BCUT2D eigenvalue weighted by atomic mass is 79.9. The van der Waals surface area contributed by atoms with E-state index in [1.807, 2.05) is 11.6 Å². The van der Waals surface area contributed by atoms with Crippen molar-refractivity contribution in [3.8, 4) is 0 Å². The van der Waals surface area contributed by atoms with E-state index in [-0.39, 0.29) is 0 Å². The molecular formula is C13H15BrN2S. The zero-order valence-corrected chi connectivity index (χ0v) is 12.1. The van der Waals surface area contributed by atoms with Crippen molar-refractivity contribution in [1.29, 1.82) is 0 Å².